The van der Waals surface area contributed by atoms with Gasteiger partial charge in [0.15, 0.2) is 0 Å². The third kappa shape index (κ3) is 5.65. The van der Waals surface area contributed by atoms with Crippen molar-refractivity contribution in [2.24, 2.45) is 0 Å². The lowest BCUT2D eigenvalue weighted by atomic mass is 9.98. The minimum absolute atomic E-state index is 0.0207. The molecule has 0 bridgehead atoms. The first-order valence-corrected chi connectivity index (χ1v) is 13.7. The van der Waals surface area contributed by atoms with E-state index < -0.39 is 5.97 Å². The predicted octanol–water partition coefficient (Wildman–Crippen LogP) is 7.53. The molecule has 202 valence electrons. The first-order chi connectivity index (χ1) is 19.3. The van der Waals surface area contributed by atoms with Crippen molar-refractivity contribution in [2.45, 2.75) is 32.4 Å². The summed E-state index contributed by atoms with van der Waals surface area (Å²) in [5.74, 6) is -0.945. The topological polar surface area (TPSA) is 62.5 Å². The van der Waals surface area contributed by atoms with Crippen LogP contribution in [0.4, 0.5) is 0 Å². The zero-order valence-electron chi connectivity index (χ0n) is 22.5. The summed E-state index contributed by atoms with van der Waals surface area (Å²) in [6, 6.07) is 33.5. The predicted molar refractivity (Wildman–Crippen MR) is 160 cm³/mol. The molecule has 0 unspecified atom stereocenters. The van der Waals surface area contributed by atoms with E-state index in [2.05, 4.69) is 66.1 Å². The number of hydrogen-bond acceptors (Lipinski definition) is 2. The van der Waals surface area contributed by atoms with Gasteiger partial charge in [-0.3, -0.25) is 4.79 Å². The highest BCUT2D eigenvalue weighted by Gasteiger charge is 2.24. The number of amides is 1. The van der Waals surface area contributed by atoms with Gasteiger partial charge in [0.2, 0.25) is 5.91 Å². The summed E-state index contributed by atoms with van der Waals surface area (Å²) in [5, 5.41) is 10.8. The Morgan fingerprint density at radius 3 is 2.05 bits per heavy atom. The molecule has 0 radical (unpaired) electrons. The number of carboxylic acid groups (broad SMARTS) is 1. The Balaban J connectivity index is 1.46. The van der Waals surface area contributed by atoms with Crippen LogP contribution in [-0.2, 0) is 17.8 Å². The molecule has 6 heteroatoms. The zero-order chi connectivity index (χ0) is 28.2. The van der Waals surface area contributed by atoms with E-state index in [0.717, 1.165) is 27.7 Å². The Hall–Kier alpha value is -4.35. The molecule has 0 fully saturated rings. The molecule has 40 heavy (non-hydrogen) atoms. The maximum absolute atomic E-state index is 13.2. The van der Waals surface area contributed by atoms with Gasteiger partial charge in [-0.05, 0) is 65.9 Å². The van der Waals surface area contributed by atoms with E-state index in [9.17, 15) is 9.59 Å². The monoisotopic (exact) mass is 550 g/mol. The van der Waals surface area contributed by atoms with Crippen LogP contribution >= 0.6 is 11.6 Å². The number of aromatic nitrogens is 1. The Bertz CT molecular complexity index is 1600. The smallest absolute Gasteiger partial charge is 0.335 e. The van der Waals surface area contributed by atoms with Crippen molar-refractivity contribution in [3.8, 4) is 0 Å². The fraction of sp³-hybridized carbons (Fsp3) is 0.176. The summed E-state index contributed by atoms with van der Waals surface area (Å²) in [4.78, 5) is 26.0. The summed E-state index contributed by atoms with van der Waals surface area (Å²) in [6.07, 6.45) is 0.921. The van der Waals surface area contributed by atoms with Crippen molar-refractivity contribution >= 4 is 34.4 Å². The third-order valence-corrected chi connectivity index (χ3v) is 7.70. The number of carbonyl (C=O) groups excluding carboxylic acids is 1. The quantitative estimate of drug-likeness (QED) is 0.206. The van der Waals surface area contributed by atoms with E-state index in [1.165, 1.54) is 11.1 Å². The summed E-state index contributed by atoms with van der Waals surface area (Å²) in [6.45, 7) is 2.54. The molecule has 5 aromatic rings. The van der Waals surface area contributed by atoms with Gasteiger partial charge in [-0.1, -0.05) is 84.4 Å². The molecule has 5 nitrogen and oxygen atoms in total. The first kappa shape index (κ1) is 27.2. The van der Waals surface area contributed by atoms with E-state index in [1.807, 2.05) is 24.3 Å². The number of nitrogens with zero attached hydrogens (tertiary/aromatic N) is 2. The number of halogens is 1. The SMILES string of the molecule is Cc1c(CCC(=O)N(C)Cc2ccc(C(=O)O)cc2)c2cc(Cl)ccc2n1C(c1ccccc1)c1ccccc1. The molecule has 1 N–H and O–H groups in total. The Labute approximate surface area is 239 Å². The van der Waals surface area contributed by atoms with E-state index in [4.69, 9.17) is 16.7 Å². The largest absolute Gasteiger partial charge is 0.478 e. The lowest BCUT2D eigenvalue weighted by Crippen LogP contribution is -2.26. The van der Waals surface area contributed by atoms with Crippen molar-refractivity contribution in [3.05, 3.63) is 142 Å². The summed E-state index contributed by atoms with van der Waals surface area (Å²) in [7, 11) is 1.78. The molecular formula is C34H31ClN2O3. The average Bonchev–Trinajstić information content (AvgIpc) is 3.23. The molecule has 0 saturated carbocycles. The van der Waals surface area contributed by atoms with E-state index in [1.54, 1.807) is 36.2 Å². The van der Waals surface area contributed by atoms with Gasteiger partial charge in [-0.25, -0.2) is 4.79 Å². The highest BCUT2D eigenvalue weighted by atomic mass is 35.5. The van der Waals surface area contributed by atoms with Gasteiger partial charge in [-0.15, -0.1) is 0 Å². The maximum Gasteiger partial charge on any atom is 0.335 e. The maximum atomic E-state index is 13.2. The van der Waals surface area contributed by atoms with Crippen molar-refractivity contribution < 1.29 is 14.7 Å². The normalized spacial score (nSPS) is 11.2. The van der Waals surface area contributed by atoms with Crippen LogP contribution < -0.4 is 0 Å². The van der Waals surface area contributed by atoms with Crippen LogP contribution in [0.25, 0.3) is 10.9 Å². The van der Waals surface area contributed by atoms with Gasteiger partial charge in [0, 0.05) is 41.6 Å². The second-order valence-electron chi connectivity index (χ2n) is 10.1. The minimum atomic E-state index is -0.965. The van der Waals surface area contributed by atoms with Gasteiger partial charge < -0.3 is 14.6 Å². The molecule has 5 rings (SSSR count). The van der Waals surface area contributed by atoms with E-state index >= 15 is 0 Å². The zero-order valence-corrected chi connectivity index (χ0v) is 23.3. The molecule has 0 spiro atoms. The summed E-state index contributed by atoms with van der Waals surface area (Å²) >= 11 is 6.48. The van der Waals surface area contributed by atoms with Crippen molar-refractivity contribution in [3.63, 3.8) is 0 Å². The summed E-state index contributed by atoms with van der Waals surface area (Å²) < 4.78 is 2.36. The number of benzene rings is 4. The lowest BCUT2D eigenvalue weighted by Gasteiger charge is -2.24. The molecule has 1 aromatic heterocycles. The first-order valence-electron chi connectivity index (χ1n) is 13.3. The van der Waals surface area contributed by atoms with E-state index in [-0.39, 0.29) is 17.5 Å². The molecule has 0 aliphatic carbocycles. The number of fused-ring (bicyclic) bond motifs is 1. The van der Waals surface area contributed by atoms with Crippen molar-refractivity contribution in [1.29, 1.82) is 0 Å². The molecule has 0 aliphatic rings. The van der Waals surface area contributed by atoms with Crippen LogP contribution in [0.5, 0.6) is 0 Å². The highest BCUT2D eigenvalue weighted by Crippen LogP contribution is 2.37. The molecule has 0 saturated heterocycles. The van der Waals surface area contributed by atoms with Gasteiger partial charge in [0.1, 0.15) is 0 Å². The summed E-state index contributed by atoms with van der Waals surface area (Å²) in [5.41, 5.74) is 6.77. The lowest BCUT2D eigenvalue weighted by molar-refractivity contribution is -0.130. The fourth-order valence-electron chi connectivity index (χ4n) is 5.43. The van der Waals surface area contributed by atoms with Crippen LogP contribution in [0.15, 0.2) is 103 Å². The number of hydrogen-bond donors (Lipinski definition) is 1. The second kappa shape index (κ2) is 11.8. The van der Waals surface area contributed by atoms with Crippen molar-refractivity contribution in [2.75, 3.05) is 7.05 Å². The van der Waals surface area contributed by atoms with Crippen LogP contribution in [0.2, 0.25) is 5.02 Å². The molecule has 4 aromatic carbocycles. The Morgan fingerprint density at radius 2 is 1.48 bits per heavy atom. The molecule has 1 amide bonds. The number of aryl methyl sites for hydroxylation is 1. The van der Waals surface area contributed by atoms with Gasteiger partial charge in [0.25, 0.3) is 0 Å². The van der Waals surface area contributed by atoms with Crippen LogP contribution in [-0.4, -0.2) is 33.5 Å². The number of aromatic carboxylic acids is 1. The Kier molecular flexibility index (Phi) is 8.04. The fourth-order valence-corrected chi connectivity index (χ4v) is 5.60. The number of rotatable bonds is 9. The molecule has 1 heterocycles. The standard InChI is InChI=1S/C34H31ClN2O3/c1-23-29(18-20-32(38)36(2)22-24-13-15-27(16-14-24)34(39)40)30-21-28(35)17-19-31(30)37(23)33(25-9-5-3-6-10-25)26-11-7-4-8-12-26/h3-17,19,21,33H,18,20,22H2,1-2H3,(H,39,40). The highest BCUT2D eigenvalue weighted by molar-refractivity contribution is 6.31. The van der Waals surface area contributed by atoms with Crippen LogP contribution in [0.3, 0.4) is 0 Å². The second-order valence-corrected chi connectivity index (χ2v) is 10.5. The van der Waals surface area contributed by atoms with Gasteiger partial charge in [-0.2, -0.15) is 0 Å². The van der Waals surface area contributed by atoms with Gasteiger partial charge >= 0.3 is 5.97 Å². The van der Waals surface area contributed by atoms with Crippen LogP contribution in [0, 0.1) is 6.92 Å². The van der Waals surface area contributed by atoms with Crippen LogP contribution in [0.1, 0.15) is 50.8 Å². The van der Waals surface area contributed by atoms with Gasteiger partial charge in [0.05, 0.1) is 11.6 Å². The molecule has 0 aliphatic heterocycles. The molecular weight excluding hydrogens is 520 g/mol. The average molecular weight is 551 g/mol. The van der Waals surface area contributed by atoms with Crippen molar-refractivity contribution in [1.82, 2.24) is 9.47 Å². The van der Waals surface area contributed by atoms with E-state index in [0.29, 0.717) is 24.4 Å². The Morgan fingerprint density at radius 1 is 0.875 bits per heavy atom. The third-order valence-electron chi connectivity index (χ3n) is 7.47. The minimum Gasteiger partial charge on any atom is -0.478 e. The number of carboxylic acids is 1. The number of carbonyl (C=O) groups is 2. The molecule has 0 atom stereocenters.